The van der Waals surface area contributed by atoms with Crippen molar-refractivity contribution in [1.29, 1.82) is 0 Å². The lowest BCUT2D eigenvalue weighted by Crippen LogP contribution is -2.59. The number of amides is 2. The maximum absolute atomic E-state index is 13.4. The second-order valence-electron chi connectivity index (χ2n) is 8.09. The fourth-order valence-corrected chi connectivity index (χ4v) is 3.74. The van der Waals surface area contributed by atoms with Gasteiger partial charge < -0.3 is 31.5 Å². The van der Waals surface area contributed by atoms with Crippen molar-refractivity contribution in [1.82, 2.24) is 10.2 Å². The van der Waals surface area contributed by atoms with Crippen LogP contribution in [0.2, 0.25) is 0 Å². The lowest BCUT2D eigenvalue weighted by atomic mass is 9.97. The van der Waals surface area contributed by atoms with Gasteiger partial charge in [0, 0.05) is 20.0 Å². The summed E-state index contributed by atoms with van der Waals surface area (Å²) >= 11 is 0. The summed E-state index contributed by atoms with van der Waals surface area (Å²) in [6.45, 7) is 6.47. The second kappa shape index (κ2) is 14.3. The number of hydrogen-bond donors (Lipinski definition) is 4. The first-order valence-electron chi connectivity index (χ1n) is 11.5. The molecule has 0 fully saturated rings. The number of nitrogens with two attached hydrogens (primary N) is 2. The van der Waals surface area contributed by atoms with Crippen LogP contribution in [0.3, 0.4) is 0 Å². The van der Waals surface area contributed by atoms with Gasteiger partial charge in [-0.2, -0.15) is 0 Å². The van der Waals surface area contributed by atoms with Crippen LogP contribution in [0.1, 0.15) is 72.1 Å². The van der Waals surface area contributed by atoms with Gasteiger partial charge in [0.15, 0.2) is 12.1 Å². The Kier molecular flexibility index (Phi) is 12.2. The van der Waals surface area contributed by atoms with Gasteiger partial charge in [0.25, 0.3) is 5.91 Å². The van der Waals surface area contributed by atoms with E-state index in [2.05, 4.69) is 17.2 Å². The standard InChI is InChI=1S/C22H39N5O5/c1-4-6-7-8-9-10-11-13-27(12-5-2)20(29)19-18(25-15(3)28)16(26-22(23)24)14-17(32-19)21(30)31/h14,16,18-19H,4-13H2,1-3H3,(H,25,28)(H,30,31)(H4,23,24,26)/t16?,18?,19-/m1/s1. The number of aliphatic carboxylic acids is 1. The SMILES string of the molecule is CCCCCCCCCN(CCC)C(=O)[C@@H]1OC(C(=O)O)=CC(N=C(N)N)C1NC(C)=O. The van der Waals surface area contributed by atoms with Crippen molar-refractivity contribution < 1.29 is 24.2 Å². The second-order valence-corrected chi connectivity index (χ2v) is 8.09. The van der Waals surface area contributed by atoms with E-state index >= 15 is 0 Å². The lowest BCUT2D eigenvalue weighted by molar-refractivity contribution is -0.149. The van der Waals surface area contributed by atoms with Gasteiger partial charge in [0.1, 0.15) is 12.1 Å². The Bertz CT molecular complexity index is 690. The molecule has 0 aromatic carbocycles. The van der Waals surface area contributed by atoms with Gasteiger partial charge in [-0.1, -0.05) is 52.4 Å². The number of nitrogens with one attached hydrogen (secondary N) is 1. The molecule has 32 heavy (non-hydrogen) atoms. The Hall–Kier alpha value is -2.78. The summed E-state index contributed by atoms with van der Waals surface area (Å²) in [4.78, 5) is 42.5. The van der Waals surface area contributed by atoms with Gasteiger partial charge in [-0.05, 0) is 18.9 Å². The number of hydrogen-bond acceptors (Lipinski definition) is 5. The highest BCUT2D eigenvalue weighted by Gasteiger charge is 2.43. The highest BCUT2D eigenvalue weighted by molar-refractivity contribution is 5.89. The van der Waals surface area contributed by atoms with E-state index in [-0.39, 0.29) is 11.9 Å². The topological polar surface area (TPSA) is 160 Å². The lowest BCUT2D eigenvalue weighted by Gasteiger charge is -2.37. The van der Waals surface area contributed by atoms with Crippen LogP contribution in [0.15, 0.2) is 16.8 Å². The minimum absolute atomic E-state index is 0.284. The largest absolute Gasteiger partial charge is 0.475 e. The van der Waals surface area contributed by atoms with Crippen molar-refractivity contribution in [3.63, 3.8) is 0 Å². The smallest absolute Gasteiger partial charge is 0.370 e. The van der Waals surface area contributed by atoms with Gasteiger partial charge in [0.2, 0.25) is 11.7 Å². The van der Waals surface area contributed by atoms with Crippen LogP contribution in [-0.4, -0.2) is 65.0 Å². The monoisotopic (exact) mass is 453 g/mol. The van der Waals surface area contributed by atoms with Crippen LogP contribution >= 0.6 is 0 Å². The van der Waals surface area contributed by atoms with E-state index in [4.69, 9.17) is 16.2 Å². The van der Waals surface area contributed by atoms with Crippen LogP contribution in [0.25, 0.3) is 0 Å². The van der Waals surface area contributed by atoms with Gasteiger partial charge >= 0.3 is 5.97 Å². The van der Waals surface area contributed by atoms with Crippen LogP contribution in [0.4, 0.5) is 0 Å². The number of rotatable bonds is 14. The molecule has 0 bridgehead atoms. The molecule has 1 aliphatic heterocycles. The predicted molar refractivity (Wildman–Crippen MR) is 123 cm³/mol. The Morgan fingerprint density at radius 2 is 1.69 bits per heavy atom. The summed E-state index contributed by atoms with van der Waals surface area (Å²) in [5, 5.41) is 12.1. The van der Waals surface area contributed by atoms with Crippen molar-refractivity contribution in [2.45, 2.75) is 90.3 Å². The van der Waals surface area contributed by atoms with E-state index in [1.165, 1.54) is 38.7 Å². The average molecular weight is 454 g/mol. The van der Waals surface area contributed by atoms with E-state index in [0.717, 1.165) is 25.7 Å². The molecule has 0 aliphatic carbocycles. The molecule has 10 nitrogen and oxygen atoms in total. The summed E-state index contributed by atoms with van der Waals surface area (Å²) in [6.07, 6.45) is 8.48. The number of carbonyl (C=O) groups is 3. The summed E-state index contributed by atoms with van der Waals surface area (Å²) in [6, 6.07) is -1.88. The summed E-state index contributed by atoms with van der Waals surface area (Å²) < 4.78 is 5.54. The van der Waals surface area contributed by atoms with Crippen LogP contribution in [-0.2, 0) is 19.1 Å². The van der Waals surface area contributed by atoms with Gasteiger partial charge in [-0.15, -0.1) is 0 Å². The van der Waals surface area contributed by atoms with E-state index in [1.807, 2.05) is 6.92 Å². The zero-order valence-corrected chi connectivity index (χ0v) is 19.5. The number of carboxylic acids is 1. The molecule has 10 heteroatoms. The van der Waals surface area contributed by atoms with E-state index in [9.17, 15) is 19.5 Å². The van der Waals surface area contributed by atoms with Crippen molar-refractivity contribution in [2.24, 2.45) is 16.5 Å². The molecule has 1 aliphatic rings. The Balaban J connectivity index is 3.00. The fraction of sp³-hybridized carbons (Fsp3) is 0.727. The van der Waals surface area contributed by atoms with E-state index < -0.39 is 35.8 Å². The molecular formula is C22H39N5O5. The number of carboxylic acid groups (broad SMARTS) is 1. The van der Waals surface area contributed by atoms with Crippen molar-refractivity contribution in [2.75, 3.05) is 13.1 Å². The van der Waals surface area contributed by atoms with E-state index in [0.29, 0.717) is 13.1 Å². The number of unbranched alkanes of at least 4 members (excludes halogenated alkanes) is 6. The molecule has 0 radical (unpaired) electrons. The molecule has 1 heterocycles. The molecule has 2 unspecified atom stereocenters. The first kappa shape index (κ1) is 27.3. The number of aliphatic imine (C=N–C) groups is 1. The summed E-state index contributed by atoms with van der Waals surface area (Å²) in [5.41, 5.74) is 11.0. The fourth-order valence-electron chi connectivity index (χ4n) is 3.74. The van der Waals surface area contributed by atoms with Crippen LogP contribution in [0.5, 0.6) is 0 Å². The van der Waals surface area contributed by atoms with Gasteiger partial charge in [-0.3, -0.25) is 9.59 Å². The van der Waals surface area contributed by atoms with Gasteiger partial charge in [-0.25, -0.2) is 9.79 Å². The average Bonchev–Trinajstić information content (AvgIpc) is 2.72. The molecule has 6 N–H and O–H groups in total. The molecule has 3 atom stereocenters. The molecule has 0 aromatic heterocycles. The molecular weight excluding hydrogens is 414 g/mol. The maximum atomic E-state index is 13.4. The number of carbonyl (C=O) groups excluding carboxylic acids is 2. The quantitative estimate of drug-likeness (QED) is 0.176. The number of nitrogens with zero attached hydrogens (tertiary/aromatic N) is 2. The molecule has 0 spiro atoms. The highest BCUT2D eigenvalue weighted by Crippen LogP contribution is 2.23. The molecule has 0 aromatic rings. The number of ether oxygens (including phenoxy) is 1. The van der Waals surface area contributed by atoms with E-state index in [1.54, 1.807) is 4.90 Å². The third-order valence-electron chi connectivity index (χ3n) is 5.23. The van der Waals surface area contributed by atoms with Crippen LogP contribution in [0, 0.1) is 0 Å². The predicted octanol–water partition coefficient (Wildman–Crippen LogP) is 1.49. The zero-order valence-electron chi connectivity index (χ0n) is 19.5. The normalized spacial score (nSPS) is 20.0. The third-order valence-corrected chi connectivity index (χ3v) is 5.23. The van der Waals surface area contributed by atoms with Gasteiger partial charge in [0.05, 0.1) is 0 Å². The first-order valence-corrected chi connectivity index (χ1v) is 11.5. The summed E-state index contributed by atoms with van der Waals surface area (Å²) in [7, 11) is 0. The molecule has 2 amide bonds. The number of guanidine groups is 1. The Labute approximate surface area is 190 Å². The van der Waals surface area contributed by atoms with Crippen molar-refractivity contribution in [3.8, 4) is 0 Å². The minimum atomic E-state index is -1.34. The Morgan fingerprint density at radius 1 is 1.06 bits per heavy atom. The van der Waals surface area contributed by atoms with Crippen LogP contribution < -0.4 is 16.8 Å². The van der Waals surface area contributed by atoms with Crippen molar-refractivity contribution >= 4 is 23.7 Å². The van der Waals surface area contributed by atoms with Crippen molar-refractivity contribution in [3.05, 3.63) is 11.8 Å². The molecule has 182 valence electrons. The summed E-state index contributed by atoms with van der Waals surface area (Å²) in [5.74, 6) is -2.85. The highest BCUT2D eigenvalue weighted by atomic mass is 16.5. The molecule has 0 saturated heterocycles. The maximum Gasteiger partial charge on any atom is 0.370 e. The molecule has 0 saturated carbocycles. The first-order chi connectivity index (χ1) is 15.2. The molecule has 1 rings (SSSR count). The third kappa shape index (κ3) is 9.15. The zero-order chi connectivity index (χ0) is 24.1. The minimum Gasteiger partial charge on any atom is -0.475 e. The Morgan fingerprint density at radius 3 is 2.22 bits per heavy atom.